The van der Waals surface area contributed by atoms with Gasteiger partial charge in [0.25, 0.3) is 0 Å². The van der Waals surface area contributed by atoms with E-state index >= 15 is 0 Å². The van der Waals surface area contributed by atoms with E-state index in [1.165, 1.54) is 6.26 Å². The fourth-order valence-corrected chi connectivity index (χ4v) is 2.63. The number of alkyl halides is 3. The summed E-state index contributed by atoms with van der Waals surface area (Å²) < 4.78 is 42.7. The van der Waals surface area contributed by atoms with Crippen LogP contribution < -0.4 is 10.6 Å². The second-order valence-electron chi connectivity index (χ2n) is 4.59. The Kier molecular flexibility index (Phi) is 3.95. The van der Waals surface area contributed by atoms with E-state index in [2.05, 4.69) is 15.6 Å². The predicted molar refractivity (Wildman–Crippen MR) is 79.2 cm³/mol. The third-order valence-corrected chi connectivity index (χ3v) is 3.96. The van der Waals surface area contributed by atoms with E-state index in [0.717, 1.165) is 10.9 Å². The molecule has 5 nitrogen and oxygen atoms in total. The minimum Gasteiger partial charge on any atom is -0.464 e. The Balaban J connectivity index is 1.60. The maximum absolute atomic E-state index is 12.5. The van der Waals surface area contributed by atoms with Crippen molar-refractivity contribution in [1.29, 1.82) is 0 Å². The lowest BCUT2D eigenvalue weighted by atomic mass is 10.2. The molecule has 2 amide bonds. The zero-order valence-electron chi connectivity index (χ0n) is 11.5. The van der Waals surface area contributed by atoms with Crippen LogP contribution in [0.5, 0.6) is 0 Å². The van der Waals surface area contributed by atoms with E-state index in [4.69, 9.17) is 4.42 Å². The number of nitrogens with one attached hydrogen (secondary N) is 2. The number of rotatable bonds is 3. The molecule has 3 aromatic rings. The van der Waals surface area contributed by atoms with E-state index in [1.807, 2.05) is 18.2 Å². The first-order valence-electron chi connectivity index (χ1n) is 6.46. The number of carbonyl (C=O) groups is 1. The highest BCUT2D eigenvalue weighted by molar-refractivity contribution is 7.15. The molecule has 0 radical (unpaired) electrons. The first kappa shape index (κ1) is 15.3. The zero-order chi connectivity index (χ0) is 16.4. The Morgan fingerprint density at radius 2 is 2.09 bits per heavy atom. The van der Waals surface area contributed by atoms with E-state index in [1.54, 1.807) is 6.07 Å². The monoisotopic (exact) mass is 341 g/mol. The smallest absolute Gasteiger partial charge is 0.427 e. The number of para-hydroxylation sites is 1. The van der Waals surface area contributed by atoms with Gasteiger partial charge in [-0.25, -0.2) is 9.78 Å². The lowest BCUT2D eigenvalue weighted by Crippen LogP contribution is -2.27. The number of carbonyl (C=O) groups excluding carboxylic acids is 1. The number of aromatic nitrogens is 1. The average molecular weight is 341 g/mol. The van der Waals surface area contributed by atoms with Crippen LogP contribution in [0.1, 0.15) is 10.4 Å². The van der Waals surface area contributed by atoms with Crippen LogP contribution in [0.2, 0.25) is 0 Å². The summed E-state index contributed by atoms with van der Waals surface area (Å²) in [6, 6.07) is 6.68. The van der Waals surface area contributed by atoms with Gasteiger partial charge in [-0.05, 0) is 6.07 Å². The maximum Gasteiger partial charge on any atom is 0.427 e. The van der Waals surface area contributed by atoms with Crippen LogP contribution in [-0.4, -0.2) is 11.0 Å². The van der Waals surface area contributed by atoms with Gasteiger partial charge in [0, 0.05) is 17.5 Å². The summed E-state index contributed by atoms with van der Waals surface area (Å²) in [4.78, 5) is 14.4. The maximum atomic E-state index is 12.5. The number of benzene rings is 1. The number of fused-ring (bicyclic) bond motifs is 1. The molecule has 3 rings (SSSR count). The number of amides is 2. The van der Waals surface area contributed by atoms with E-state index in [0.29, 0.717) is 23.1 Å². The Morgan fingerprint density at radius 1 is 1.30 bits per heavy atom. The highest BCUT2D eigenvalue weighted by Crippen LogP contribution is 2.34. The SMILES string of the molecule is O=C(NCc1coc2ccccc12)Nc1ncc(C(F)(F)F)s1. The van der Waals surface area contributed by atoms with Crippen molar-refractivity contribution in [2.75, 3.05) is 5.32 Å². The molecule has 0 saturated heterocycles. The molecular formula is C14H10F3N3O2S. The highest BCUT2D eigenvalue weighted by atomic mass is 32.1. The summed E-state index contributed by atoms with van der Waals surface area (Å²) in [5.74, 6) is 0. The van der Waals surface area contributed by atoms with Crippen LogP contribution in [0, 0.1) is 0 Å². The van der Waals surface area contributed by atoms with Gasteiger partial charge in [0.15, 0.2) is 5.13 Å². The van der Waals surface area contributed by atoms with Crippen LogP contribution in [0.3, 0.4) is 0 Å². The largest absolute Gasteiger partial charge is 0.464 e. The Hall–Kier alpha value is -2.55. The van der Waals surface area contributed by atoms with Gasteiger partial charge < -0.3 is 9.73 Å². The summed E-state index contributed by atoms with van der Waals surface area (Å²) in [5, 5.41) is 5.56. The van der Waals surface area contributed by atoms with Gasteiger partial charge >= 0.3 is 12.2 Å². The van der Waals surface area contributed by atoms with Crippen molar-refractivity contribution in [2.24, 2.45) is 0 Å². The van der Waals surface area contributed by atoms with Gasteiger partial charge in [0.1, 0.15) is 10.5 Å². The molecule has 0 spiro atoms. The summed E-state index contributed by atoms with van der Waals surface area (Å²) in [6.45, 7) is 0.181. The van der Waals surface area contributed by atoms with Gasteiger partial charge in [-0.15, -0.1) is 0 Å². The molecule has 120 valence electrons. The molecule has 9 heteroatoms. The van der Waals surface area contributed by atoms with Gasteiger partial charge in [-0.1, -0.05) is 29.5 Å². The molecule has 23 heavy (non-hydrogen) atoms. The molecule has 1 aromatic carbocycles. The molecule has 0 bridgehead atoms. The summed E-state index contributed by atoms with van der Waals surface area (Å²) in [5.41, 5.74) is 1.46. The second-order valence-corrected chi connectivity index (χ2v) is 5.62. The lowest BCUT2D eigenvalue weighted by Gasteiger charge is -2.04. The van der Waals surface area contributed by atoms with Crippen LogP contribution in [-0.2, 0) is 12.7 Å². The number of hydrogen-bond donors (Lipinski definition) is 2. The number of hydrogen-bond acceptors (Lipinski definition) is 4. The first-order valence-corrected chi connectivity index (χ1v) is 7.28. The Bertz CT molecular complexity index is 841. The minimum absolute atomic E-state index is 0.119. The van der Waals surface area contributed by atoms with E-state index < -0.39 is 17.1 Å². The fourth-order valence-electron chi connectivity index (χ4n) is 1.95. The molecule has 0 fully saturated rings. The molecule has 0 saturated carbocycles. The molecule has 0 aliphatic carbocycles. The third kappa shape index (κ3) is 3.45. The molecule has 2 heterocycles. The number of anilines is 1. The van der Waals surface area contributed by atoms with Crippen LogP contribution in [0.4, 0.5) is 23.1 Å². The number of furan rings is 1. The van der Waals surface area contributed by atoms with Crippen LogP contribution in [0.15, 0.2) is 41.1 Å². The number of nitrogens with zero attached hydrogens (tertiary/aromatic N) is 1. The lowest BCUT2D eigenvalue weighted by molar-refractivity contribution is -0.134. The zero-order valence-corrected chi connectivity index (χ0v) is 12.3. The Morgan fingerprint density at radius 3 is 2.83 bits per heavy atom. The molecule has 2 aromatic heterocycles. The summed E-state index contributed by atoms with van der Waals surface area (Å²) in [7, 11) is 0. The van der Waals surface area contributed by atoms with Crippen LogP contribution in [0.25, 0.3) is 11.0 Å². The van der Waals surface area contributed by atoms with E-state index in [-0.39, 0.29) is 11.7 Å². The second kappa shape index (κ2) is 5.92. The van der Waals surface area contributed by atoms with Crippen molar-refractivity contribution in [2.45, 2.75) is 12.7 Å². The Labute approximate surface area is 132 Å². The molecule has 0 aliphatic heterocycles. The molecular weight excluding hydrogens is 331 g/mol. The highest BCUT2D eigenvalue weighted by Gasteiger charge is 2.33. The number of urea groups is 1. The summed E-state index contributed by atoms with van der Waals surface area (Å²) >= 11 is 0.367. The summed E-state index contributed by atoms with van der Waals surface area (Å²) in [6.07, 6.45) is -2.26. The average Bonchev–Trinajstić information content (AvgIpc) is 3.11. The first-order chi connectivity index (χ1) is 10.9. The normalized spacial score (nSPS) is 11.6. The fraction of sp³-hybridized carbons (Fsp3) is 0.143. The van der Waals surface area contributed by atoms with Crippen molar-refractivity contribution >= 4 is 33.5 Å². The minimum atomic E-state index is -4.47. The van der Waals surface area contributed by atoms with Gasteiger partial charge in [-0.2, -0.15) is 13.2 Å². The van der Waals surface area contributed by atoms with Crippen molar-refractivity contribution in [3.63, 3.8) is 0 Å². The standard InChI is InChI=1S/C14H10F3N3O2S/c15-14(16,17)11-6-19-13(23-11)20-12(21)18-5-8-7-22-10-4-2-1-3-9(8)10/h1-4,6-7H,5H2,(H2,18,19,20,21). The van der Waals surface area contributed by atoms with Gasteiger partial charge in [-0.3, -0.25) is 5.32 Å². The van der Waals surface area contributed by atoms with Crippen molar-refractivity contribution < 1.29 is 22.4 Å². The topological polar surface area (TPSA) is 67.2 Å². The molecule has 2 N–H and O–H groups in total. The number of thiazole rings is 1. The number of halogens is 3. The van der Waals surface area contributed by atoms with Crippen molar-refractivity contribution in [1.82, 2.24) is 10.3 Å². The van der Waals surface area contributed by atoms with Crippen LogP contribution >= 0.6 is 11.3 Å². The third-order valence-electron chi connectivity index (χ3n) is 3.01. The molecule has 0 atom stereocenters. The van der Waals surface area contributed by atoms with Crippen molar-refractivity contribution in [3.05, 3.63) is 47.2 Å². The van der Waals surface area contributed by atoms with E-state index in [9.17, 15) is 18.0 Å². The molecule has 0 aliphatic rings. The quantitative estimate of drug-likeness (QED) is 0.749. The molecule has 0 unspecified atom stereocenters. The van der Waals surface area contributed by atoms with Gasteiger partial charge in [0.05, 0.1) is 12.5 Å². The van der Waals surface area contributed by atoms with Gasteiger partial charge in [0.2, 0.25) is 0 Å². The predicted octanol–water partition coefficient (Wildman–Crippen LogP) is 4.23. The van der Waals surface area contributed by atoms with Crippen molar-refractivity contribution in [3.8, 4) is 0 Å².